The van der Waals surface area contributed by atoms with Crippen molar-refractivity contribution in [2.45, 2.75) is 20.8 Å². The molecule has 0 atom stereocenters. The van der Waals surface area contributed by atoms with E-state index in [1.54, 1.807) is 6.07 Å². The largest absolute Gasteiger partial charge is 0.321 e. The summed E-state index contributed by atoms with van der Waals surface area (Å²) in [6.45, 7) is 5.14. The minimum atomic E-state index is -0.168. The van der Waals surface area contributed by atoms with E-state index in [0.717, 1.165) is 20.9 Å². The first kappa shape index (κ1) is 15.6. The average Bonchev–Trinajstić information content (AvgIpc) is 2.99. The first-order chi connectivity index (χ1) is 10.9. The molecule has 0 bridgehead atoms. The number of nitrogens with one attached hydrogen (secondary N) is 2. The summed E-state index contributed by atoms with van der Waals surface area (Å²) in [7, 11) is 0. The molecule has 0 spiro atoms. The topological polar surface area (TPSA) is 84.0 Å². The van der Waals surface area contributed by atoms with Crippen molar-refractivity contribution in [1.82, 2.24) is 9.97 Å². The van der Waals surface area contributed by atoms with Gasteiger partial charge in [-0.15, -0.1) is 11.3 Å². The Kier molecular flexibility index (Phi) is 4.10. The molecule has 0 aliphatic heterocycles. The maximum atomic E-state index is 12.3. The molecule has 0 aliphatic rings. The molecule has 0 unspecified atom stereocenters. The number of anilines is 2. The number of fused-ring (bicyclic) bond motifs is 1. The van der Waals surface area contributed by atoms with Crippen molar-refractivity contribution in [3.63, 3.8) is 0 Å². The number of amides is 2. The molecule has 0 aliphatic carbocycles. The number of hydrogen-bond donors (Lipinski definition) is 2. The van der Waals surface area contributed by atoms with Gasteiger partial charge in [-0.1, -0.05) is 11.3 Å². The van der Waals surface area contributed by atoms with Gasteiger partial charge in [0.25, 0.3) is 5.91 Å². The van der Waals surface area contributed by atoms with Crippen molar-refractivity contribution in [1.29, 1.82) is 0 Å². The summed E-state index contributed by atoms with van der Waals surface area (Å²) >= 11 is 2.74. The van der Waals surface area contributed by atoms with Crippen molar-refractivity contribution < 1.29 is 9.59 Å². The standard InChI is InChI=1S/C15H14N4O2S2/c1-7-13(22-9(3)16-7)14(21)18-10-4-5-11-12(6-10)23-15(19-11)17-8(2)20/h4-6H,1-3H3,(H,18,21)(H,17,19,20). The minimum Gasteiger partial charge on any atom is -0.321 e. The second-order valence-electron chi connectivity index (χ2n) is 4.98. The van der Waals surface area contributed by atoms with E-state index in [0.29, 0.717) is 15.7 Å². The normalized spacial score (nSPS) is 10.7. The molecule has 2 aromatic heterocycles. The Labute approximate surface area is 140 Å². The number of thiazole rings is 2. The number of benzene rings is 1. The van der Waals surface area contributed by atoms with Crippen molar-refractivity contribution in [2.24, 2.45) is 0 Å². The van der Waals surface area contributed by atoms with E-state index in [2.05, 4.69) is 20.6 Å². The maximum Gasteiger partial charge on any atom is 0.267 e. The van der Waals surface area contributed by atoms with E-state index < -0.39 is 0 Å². The van der Waals surface area contributed by atoms with Crippen LogP contribution in [0, 0.1) is 13.8 Å². The predicted molar refractivity (Wildman–Crippen MR) is 93.5 cm³/mol. The van der Waals surface area contributed by atoms with Gasteiger partial charge in [0.15, 0.2) is 5.13 Å². The number of carbonyl (C=O) groups is 2. The molecule has 6 nitrogen and oxygen atoms in total. The van der Waals surface area contributed by atoms with Crippen LogP contribution in [0.2, 0.25) is 0 Å². The molecule has 0 radical (unpaired) electrons. The van der Waals surface area contributed by atoms with E-state index in [1.165, 1.54) is 29.6 Å². The highest BCUT2D eigenvalue weighted by Crippen LogP contribution is 2.29. The van der Waals surface area contributed by atoms with E-state index in [9.17, 15) is 9.59 Å². The summed E-state index contributed by atoms with van der Waals surface area (Å²) in [6.07, 6.45) is 0. The Morgan fingerprint density at radius 1 is 1.09 bits per heavy atom. The monoisotopic (exact) mass is 346 g/mol. The Morgan fingerprint density at radius 3 is 2.52 bits per heavy atom. The molecule has 23 heavy (non-hydrogen) atoms. The number of aromatic nitrogens is 2. The van der Waals surface area contributed by atoms with Gasteiger partial charge in [0, 0.05) is 12.6 Å². The number of aryl methyl sites for hydroxylation is 2. The Balaban J connectivity index is 1.84. The number of carbonyl (C=O) groups excluding carboxylic acids is 2. The van der Waals surface area contributed by atoms with Gasteiger partial charge in [0.1, 0.15) is 4.88 Å². The lowest BCUT2D eigenvalue weighted by Crippen LogP contribution is -2.11. The van der Waals surface area contributed by atoms with Crippen LogP contribution in [0.5, 0.6) is 0 Å². The number of hydrogen-bond acceptors (Lipinski definition) is 6. The molecule has 3 rings (SSSR count). The minimum absolute atomic E-state index is 0.159. The molecule has 2 N–H and O–H groups in total. The molecule has 2 amide bonds. The highest BCUT2D eigenvalue weighted by atomic mass is 32.1. The van der Waals surface area contributed by atoms with Crippen LogP contribution in [0.1, 0.15) is 27.3 Å². The summed E-state index contributed by atoms with van der Waals surface area (Å²) in [4.78, 5) is 32.6. The molecular weight excluding hydrogens is 332 g/mol. The lowest BCUT2D eigenvalue weighted by Gasteiger charge is -2.03. The quantitative estimate of drug-likeness (QED) is 0.759. The van der Waals surface area contributed by atoms with Crippen molar-refractivity contribution >= 4 is 55.5 Å². The van der Waals surface area contributed by atoms with E-state index in [4.69, 9.17) is 0 Å². The van der Waals surface area contributed by atoms with Crippen molar-refractivity contribution in [2.75, 3.05) is 10.6 Å². The van der Waals surface area contributed by atoms with Gasteiger partial charge in [0.2, 0.25) is 5.91 Å². The fourth-order valence-corrected chi connectivity index (χ4v) is 3.90. The van der Waals surface area contributed by atoms with Crippen molar-refractivity contribution in [3.8, 4) is 0 Å². The summed E-state index contributed by atoms with van der Waals surface area (Å²) in [5.74, 6) is -0.326. The highest BCUT2D eigenvalue weighted by Gasteiger charge is 2.14. The Morgan fingerprint density at radius 2 is 1.87 bits per heavy atom. The molecule has 1 aromatic carbocycles. The number of nitrogens with zero attached hydrogens (tertiary/aromatic N) is 2. The van der Waals surface area contributed by atoms with Crippen LogP contribution in [0.3, 0.4) is 0 Å². The fourth-order valence-electron chi connectivity index (χ4n) is 2.14. The van der Waals surface area contributed by atoms with Crippen LogP contribution in [-0.2, 0) is 4.79 Å². The molecule has 0 saturated heterocycles. The summed E-state index contributed by atoms with van der Waals surface area (Å²) in [6, 6.07) is 5.46. The Bertz CT molecular complexity index is 913. The van der Waals surface area contributed by atoms with Crippen LogP contribution in [-0.4, -0.2) is 21.8 Å². The first-order valence-corrected chi connectivity index (χ1v) is 8.49. The van der Waals surface area contributed by atoms with Gasteiger partial charge < -0.3 is 10.6 Å². The average molecular weight is 346 g/mol. The summed E-state index contributed by atoms with van der Waals surface area (Å²) < 4.78 is 0.892. The lowest BCUT2D eigenvalue weighted by atomic mass is 10.3. The SMILES string of the molecule is CC(=O)Nc1nc2ccc(NC(=O)c3sc(C)nc3C)cc2s1. The van der Waals surface area contributed by atoms with Crippen LogP contribution in [0.25, 0.3) is 10.2 Å². The van der Waals surface area contributed by atoms with Gasteiger partial charge in [-0.05, 0) is 32.0 Å². The summed E-state index contributed by atoms with van der Waals surface area (Å²) in [5, 5.41) is 6.96. The van der Waals surface area contributed by atoms with E-state index >= 15 is 0 Å². The second kappa shape index (κ2) is 6.05. The third kappa shape index (κ3) is 3.38. The lowest BCUT2D eigenvalue weighted by molar-refractivity contribution is -0.114. The van der Waals surface area contributed by atoms with Gasteiger partial charge in [-0.25, -0.2) is 9.97 Å². The first-order valence-electron chi connectivity index (χ1n) is 6.86. The summed E-state index contributed by atoms with van der Waals surface area (Å²) in [5.41, 5.74) is 2.20. The molecule has 0 saturated carbocycles. The predicted octanol–water partition coefficient (Wildman–Crippen LogP) is 3.58. The molecule has 3 aromatic rings. The zero-order chi connectivity index (χ0) is 16.6. The van der Waals surface area contributed by atoms with Gasteiger partial charge in [0.05, 0.1) is 20.9 Å². The second-order valence-corrected chi connectivity index (χ2v) is 7.22. The molecule has 118 valence electrons. The van der Waals surface area contributed by atoms with Gasteiger partial charge in [-0.2, -0.15) is 0 Å². The Hall–Kier alpha value is -2.32. The van der Waals surface area contributed by atoms with Crippen LogP contribution in [0.4, 0.5) is 10.8 Å². The van der Waals surface area contributed by atoms with Crippen molar-refractivity contribution in [3.05, 3.63) is 33.8 Å². The van der Waals surface area contributed by atoms with Gasteiger partial charge >= 0.3 is 0 Å². The molecular formula is C15H14N4O2S2. The zero-order valence-electron chi connectivity index (χ0n) is 12.8. The van der Waals surface area contributed by atoms with E-state index in [-0.39, 0.29) is 11.8 Å². The smallest absolute Gasteiger partial charge is 0.267 e. The third-order valence-corrected chi connectivity index (χ3v) is 5.04. The third-order valence-electron chi connectivity index (χ3n) is 3.04. The van der Waals surface area contributed by atoms with Crippen LogP contribution in [0.15, 0.2) is 18.2 Å². The zero-order valence-corrected chi connectivity index (χ0v) is 14.4. The molecule has 0 fully saturated rings. The number of rotatable bonds is 3. The molecule has 2 heterocycles. The van der Waals surface area contributed by atoms with E-state index in [1.807, 2.05) is 26.0 Å². The molecule has 8 heteroatoms. The van der Waals surface area contributed by atoms with Crippen LogP contribution < -0.4 is 10.6 Å². The maximum absolute atomic E-state index is 12.3. The van der Waals surface area contributed by atoms with Crippen LogP contribution >= 0.6 is 22.7 Å². The fraction of sp³-hybridized carbons (Fsp3) is 0.200. The van der Waals surface area contributed by atoms with Gasteiger partial charge in [-0.3, -0.25) is 9.59 Å². The highest BCUT2D eigenvalue weighted by molar-refractivity contribution is 7.22.